The average molecular weight is 300 g/mol. The van der Waals surface area contributed by atoms with Gasteiger partial charge in [0.05, 0.1) is 11.1 Å². The summed E-state index contributed by atoms with van der Waals surface area (Å²) in [5.74, 6) is -0.442. The molecule has 1 atom stereocenters. The van der Waals surface area contributed by atoms with E-state index in [1.807, 2.05) is 37.3 Å². The Morgan fingerprint density at radius 1 is 1.05 bits per heavy atom. The van der Waals surface area contributed by atoms with Crippen molar-refractivity contribution in [1.29, 1.82) is 0 Å². The Bertz CT molecular complexity index is 813. The van der Waals surface area contributed by atoms with Crippen molar-refractivity contribution in [1.82, 2.24) is 0 Å². The third-order valence-corrected chi connectivity index (χ3v) is 4.11. The first kappa shape index (κ1) is 14.1. The fraction of sp³-hybridized carbons (Fsp3) is 0.111. The first-order valence-corrected chi connectivity index (χ1v) is 7.14. The molecule has 3 rings (SSSR count). The van der Waals surface area contributed by atoms with Gasteiger partial charge in [-0.3, -0.25) is 0 Å². The van der Waals surface area contributed by atoms with Gasteiger partial charge in [0.2, 0.25) is 0 Å². The van der Waals surface area contributed by atoms with Crippen LogP contribution in [0.15, 0.2) is 54.6 Å². The molecule has 0 fully saturated rings. The summed E-state index contributed by atoms with van der Waals surface area (Å²) in [5, 5.41) is 2.34. The summed E-state index contributed by atoms with van der Waals surface area (Å²) in [7, 11) is 0. The molecule has 0 aliphatic heterocycles. The second-order valence-corrected chi connectivity index (χ2v) is 5.58. The molecule has 0 radical (unpaired) electrons. The van der Waals surface area contributed by atoms with Crippen molar-refractivity contribution in [2.75, 3.05) is 0 Å². The number of hydrogen-bond donors (Lipinski definition) is 1. The number of fused-ring (bicyclic) bond motifs is 1. The zero-order chi connectivity index (χ0) is 15.0. The number of hydrogen-bond acceptors (Lipinski definition) is 1. The van der Waals surface area contributed by atoms with Crippen LogP contribution in [0.3, 0.4) is 0 Å². The molecule has 0 aliphatic rings. The molecule has 0 aliphatic carbocycles. The van der Waals surface area contributed by atoms with Crippen molar-refractivity contribution in [2.24, 2.45) is 5.73 Å². The molecule has 1 nitrogen and oxygen atoms in total. The summed E-state index contributed by atoms with van der Waals surface area (Å²) in [6.45, 7) is 2.02. The van der Waals surface area contributed by atoms with Gasteiger partial charge in [-0.1, -0.05) is 54.1 Å². The molecule has 0 aromatic heterocycles. The lowest BCUT2D eigenvalue weighted by Crippen LogP contribution is -2.14. The largest absolute Gasteiger partial charge is 0.320 e. The van der Waals surface area contributed by atoms with E-state index < -0.39 is 5.82 Å². The molecule has 2 N–H and O–H groups in total. The first-order valence-electron chi connectivity index (χ1n) is 6.76. The first-order chi connectivity index (χ1) is 10.1. The van der Waals surface area contributed by atoms with Gasteiger partial charge in [-0.2, -0.15) is 0 Å². The van der Waals surface area contributed by atoms with Gasteiger partial charge in [-0.25, -0.2) is 4.39 Å². The Kier molecular flexibility index (Phi) is 3.66. The molecule has 0 bridgehead atoms. The number of benzene rings is 3. The maximum atomic E-state index is 13.7. The van der Waals surface area contributed by atoms with Crippen LogP contribution in [0.2, 0.25) is 5.02 Å². The van der Waals surface area contributed by atoms with Crippen LogP contribution in [0.4, 0.5) is 4.39 Å². The molecular weight excluding hydrogens is 285 g/mol. The van der Waals surface area contributed by atoms with Gasteiger partial charge in [0.1, 0.15) is 5.82 Å². The average Bonchev–Trinajstić information content (AvgIpc) is 2.49. The van der Waals surface area contributed by atoms with Gasteiger partial charge >= 0.3 is 0 Å². The van der Waals surface area contributed by atoms with Crippen molar-refractivity contribution in [3.63, 3.8) is 0 Å². The number of nitrogens with two attached hydrogens (primary N) is 1. The second-order valence-electron chi connectivity index (χ2n) is 5.17. The maximum absolute atomic E-state index is 13.7. The quantitative estimate of drug-likeness (QED) is 0.709. The Morgan fingerprint density at radius 3 is 2.57 bits per heavy atom. The Labute approximate surface area is 128 Å². The number of aryl methyl sites for hydroxylation is 1. The van der Waals surface area contributed by atoms with Crippen molar-refractivity contribution in [3.8, 4) is 0 Å². The minimum Gasteiger partial charge on any atom is -0.320 e. The minimum absolute atomic E-state index is 0.112. The van der Waals surface area contributed by atoms with E-state index in [2.05, 4.69) is 6.07 Å². The fourth-order valence-electron chi connectivity index (χ4n) is 2.69. The van der Waals surface area contributed by atoms with Crippen molar-refractivity contribution < 1.29 is 4.39 Å². The summed E-state index contributed by atoms with van der Waals surface area (Å²) in [6, 6.07) is 16.5. The van der Waals surface area contributed by atoms with Crippen LogP contribution in [0.25, 0.3) is 10.8 Å². The van der Waals surface area contributed by atoms with E-state index >= 15 is 0 Å². The van der Waals surface area contributed by atoms with Gasteiger partial charge in [0.15, 0.2) is 0 Å². The summed E-state index contributed by atoms with van der Waals surface area (Å²) < 4.78 is 13.7. The molecule has 1 unspecified atom stereocenters. The number of rotatable bonds is 2. The Hall–Kier alpha value is -1.90. The molecule has 0 spiro atoms. The lowest BCUT2D eigenvalue weighted by Gasteiger charge is -2.18. The molecular formula is C18H15ClFN. The Balaban J connectivity index is 2.19. The highest BCUT2D eigenvalue weighted by Gasteiger charge is 2.16. The maximum Gasteiger partial charge on any atom is 0.142 e. The van der Waals surface area contributed by atoms with E-state index in [4.69, 9.17) is 17.3 Å². The lowest BCUT2D eigenvalue weighted by atomic mass is 9.91. The molecule has 106 valence electrons. The monoisotopic (exact) mass is 299 g/mol. The standard InChI is InChI=1S/C18H15ClFN/c1-11-6-7-12-4-2-3-5-14(12)17(11)18(21)13-8-9-15(19)16(20)10-13/h2-10,18H,21H2,1H3. The third-order valence-electron chi connectivity index (χ3n) is 3.80. The van der Waals surface area contributed by atoms with Crippen molar-refractivity contribution >= 4 is 22.4 Å². The molecule has 3 aromatic rings. The minimum atomic E-state index is -0.442. The van der Waals surface area contributed by atoms with Crippen LogP contribution in [0.1, 0.15) is 22.7 Å². The molecule has 0 heterocycles. The van der Waals surface area contributed by atoms with Crippen LogP contribution in [-0.4, -0.2) is 0 Å². The van der Waals surface area contributed by atoms with E-state index in [9.17, 15) is 4.39 Å². The fourth-order valence-corrected chi connectivity index (χ4v) is 2.81. The van der Waals surface area contributed by atoms with Crippen LogP contribution < -0.4 is 5.73 Å². The molecule has 0 amide bonds. The highest BCUT2D eigenvalue weighted by atomic mass is 35.5. The highest BCUT2D eigenvalue weighted by molar-refractivity contribution is 6.30. The number of halogens is 2. The zero-order valence-electron chi connectivity index (χ0n) is 11.6. The van der Waals surface area contributed by atoms with E-state index in [1.54, 1.807) is 12.1 Å². The summed E-state index contributed by atoms with van der Waals surface area (Å²) in [5.41, 5.74) is 9.23. The normalized spacial score (nSPS) is 12.6. The summed E-state index contributed by atoms with van der Waals surface area (Å²) >= 11 is 5.74. The third kappa shape index (κ3) is 2.53. The van der Waals surface area contributed by atoms with Gasteiger partial charge in [0, 0.05) is 0 Å². The predicted molar refractivity (Wildman–Crippen MR) is 86.1 cm³/mol. The van der Waals surface area contributed by atoms with E-state index in [1.165, 1.54) is 6.07 Å². The van der Waals surface area contributed by atoms with E-state index in [-0.39, 0.29) is 11.1 Å². The highest BCUT2D eigenvalue weighted by Crippen LogP contribution is 2.31. The van der Waals surface area contributed by atoms with Gasteiger partial charge in [-0.15, -0.1) is 0 Å². The van der Waals surface area contributed by atoms with Crippen LogP contribution in [-0.2, 0) is 0 Å². The second kappa shape index (κ2) is 5.47. The summed E-state index contributed by atoms with van der Waals surface area (Å²) in [6.07, 6.45) is 0. The topological polar surface area (TPSA) is 26.0 Å². The smallest absolute Gasteiger partial charge is 0.142 e. The zero-order valence-corrected chi connectivity index (χ0v) is 12.4. The predicted octanol–water partition coefficient (Wildman–Crippen LogP) is 4.99. The van der Waals surface area contributed by atoms with Crippen molar-refractivity contribution in [2.45, 2.75) is 13.0 Å². The molecule has 3 heteroatoms. The lowest BCUT2D eigenvalue weighted by molar-refractivity contribution is 0.624. The van der Waals surface area contributed by atoms with Crippen LogP contribution in [0, 0.1) is 12.7 Å². The van der Waals surface area contributed by atoms with Crippen molar-refractivity contribution in [3.05, 3.63) is 82.1 Å². The molecule has 0 saturated carbocycles. The van der Waals surface area contributed by atoms with E-state index in [0.29, 0.717) is 0 Å². The molecule has 3 aromatic carbocycles. The molecule has 0 saturated heterocycles. The van der Waals surface area contributed by atoms with Gasteiger partial charge < -0.3 is 5.73 Å². The van der Waals surface area contributed by atoms with Gasteiger partial charge in [0.25, 0.3) is 0 Å². The SMILES string of the molecule is Cc1ccc2ccccc2c1C(N)c1ccc(Cl)c(F)c1. The van der Waals surface area contributed by atoms with Crippen LogP contribution in [0.5, 0.6) is 0 Å². The van der Waals surface area contributed by atoms with E-state index in [0.717, 1.165) is 27.5 Å². The summed E-state index contributed by atoms with van der Waals surface area (Å²) in [4.78, 5) is 0. The Morgan fingerprint density at radius 2 is 1.81 bits per heavy atom. The molecule has 21 heavy (non-hydrogen) atoms. The van der Waals surface area contributed by atoms with Gasteiger partial charge in [-0.05, 0) is 46.5 Å². The van der Waals surface area contributed by atoms with Crippen LogP contribution >= 0.6 is 11.6 Å².